The van der Waals surface area contributed by atoms with E-state index in [1.54, 1.807) is 36.4 Å². The molecule has 1 aliphatic rings. The molecule has 8 heteroatoms. The molecule has 4 rings (SSSR count). The van der Waals surface area contributed by atoms with Gasteiger partial charge in [-0.1, -0.05) is 18.2 Å². The van der Waals surface area contributed by atoms with Crippen LogP contribution in [-0.2, 0) is 6.18 Å². The van der Waals surface area contributed by atoms with E-state index in [-0.39, 0.29) is 18.0 Å². The van der Waals surface area contributed by atoms with Crippen LogP contribution in [0.3, 0.4) is 0 Å². The highest BCUT2D eigenvalue weighted by molar-refractivity contribution is 5.95. The van der Waals surface area contributed by atoms with Crippen molar-refractivity contribution in [3.63, 3.8) is 0 Å². The Bertz CT molecular complexity index is 1130. The van der Waals surface area contributed by atoms with Crippen molar-refractivity contribution in [1.82, 2.24) is 10.3 Å². The minimum atomic E-state index is -4.52. The molecule has 2 atom stereocenters. The van der Waals surface area contributed by atoms with Crippen LogP contribution >= 0.6 is 0 Å². The Morgan fingerprint density at radius 3 is 2.42 bits per heavy atom. The maximum atomic E-state index is 13.4. The molecule has 5 nitrogen and oxygen atoms in total. The molecule has 0 radical (unpaired) electrons. The number of nitrogens with zero attached hydrogens (tertiary/aromatic N) is 2. The second-order valence-electron chi connectivity index (χ2n) is 8.69. The molecule has 3 aromatic rings. The number of halogens is 3. The van der Waals surface area contributed by atoms with Gasteiger partial charge in [-0.05, 0) is 62.1 Å². The second kappa shape index (κ2) is 9.29. The van der Waals surface area contributed by atoms with Crippen molar-refractivity contribution in [3.8, 4) is 0 Å². The number of pyridine rings is 1. The minimum absolute atomic E-state index is 0.0486. The topological polar surface area (TPSA) is 57.3 Å². The number of alkyl halides is 3. The third kappa shape index (κ3) is 5.38. The third-order valence-electron chi connectivity index (χ3n) is 6.02. The van der Waals surface area contributed by atoms with E-state index in [9.17, 15) is 18.0 Å². The van der Waals surface area contributed by atoms with Crippen LogP contribution in [0.4, 0.5) is 24.5 Å². The second-order valence-corrected chi connectivity index (χ2v) is 8.69. The number of amides is 1. The quantitative estimate of drug-likeness (QED) is 0.534. The molecule has 0 unspecified atom stereocenters. The lowest BCUT2D eigenvalue weighted by Crippen LogP contribution is -2.41. The molecule has 33 heavy (non-hydrogen) atoms. The van der Waals surface area contributed by atoms with Gasteiger partial charge in [-0.25, -0.2) is 4.98 Å². The lowest BCUT2D eigenvalue weighted by molar-refractivity contribution is -0.140. The smallest absolute Gasteiger partial charge is 0.382 e. The van der Waals surface area contributed by atoms with E-state index >= 15 is 0 Å². The molecule has 0 bridgehead atoms. The van der Waals surface area contributed by atoms with Gasteiger partial charge >= 0.3 is 6.18 Å². The number of para-hydroxylation sites is 1. The van der Waals surface area contributed by atoms with Crippen molar-refractivity contribution in [1.29, 1.82) is 0 Å². The molecule has 0 aliphatic heterocycles. The molecule has 1 amide bonds. The number of benzene rings is 2. The predicted octanol–water partition coefficient (Wildman–Crippen LogP) is 5.47. The van der Waals surface area contributed by atoms with Crippen molar-refractivity contribution in [2.75, 3.05) is 24.3 Å². The average molecular weight is 457 g/mol. The number of hydrogen-bond acceptors (Lipinski definition) is 4. The first-order valence-electron chi connectivity index (χ1n) is 11.0. The fraction of sp³-hybridized carbons (Fsp3) is 0.360. The lowest BCUT2D eigenvalue weighted by atomic mass is 9.90. The molecule has 2 aromatic carbocycles. The zero-order chi connectivity index (χ0) is 23.6. The standard InChI is InChI=1S/C25H27F3N4O/c1-32(2)19-12-10-16(11-13-19)24(33)30-18-7-5-6-17(14-18)29-22-15-23(25(26,27)28)31-21-9-4-3-8-20(21)22/h3-4,8-13,15,17-18H,5-7,14H2,1-2H3,(H,29,31)(H,30,33)/t17-,18+/m0/s1. The summed E-state index contributed by atoms with van der Waals surface area (Å²) in [5.74, 6) is -0.139. The van der Waals surface area contributed by atoms with Crippen LogP contribution in [0.25, 0.3) is 10.9 Å². The van der Waals surface area contributed by atoms with E-state index in [2.05, 4.69) is 15.6 Å². The molecule has 1 aromatic heterocycles. The van der Waals surface area contributed by atoms with Gasteiger partial charge in [0.2, 0.25) is 0 Å². The van der Waals surface area contributed by atoms with Crippen molar-refractivity contribution < 1.29 is 18.0 Å². The first kappa shape index (κ1) is 22.9. The van der Waals surface area contributed by atoms with Crippen LogP contribution in [0.1, 0.15) is 41.7 Å². The maximum absolute atomic E-state index is 13.4. The van der Waals surface area contributed by atoms with Gasteiger partial charge in [0.1, 0.15) is 5.69 Å². The molecule has 2 N–H and O–H groups in total. The van der Waals surface area contributed by atoms with Crippen LogP contribution in [0.2, 0.25) is 0 Å². The van der Waals surface area contributed by atoms with Crippen molar-refractivity contribution in [3.05, 3.63) is 65.9 Å². The van der Waals surface area contributed by atoms with Gasteiger partial charge in [0.05, 0.1) is 5.52 Å². The minimum Gasteiger partial charge on any atom is -0.382 e. The average Bonchev–Trinajstić information content (AvgIpc) is 2.78. The summed E-state index contributed by atoms with van der Waals surface area (Å²) in [5.41, 5.74) is 1.41. The largest absolute Gasteiger partial charge is 0.433 e. The predicted molar refractivity (Wildman–Crippen MR) is 125 cm³/mol. The van der Waals surface area contributed by atoms with Gasteiger partial charge in [0.15, 0.2) is 0 Å². The third-order valence-corrected chi connectivity index (χ3v) is 6.02. The molecule has 1 fully saturated rings. The molecule has 1 heterocycles. The fourth-order valence-electron chi connectivity index (χ4n) is 4.29. The first-order chi connectivity index (χ1) is 15.7. The molecular weight excluding hydrogens is 429 g/mol. The SMILES string of the molecule is CN(C)c1ccc(C(=O)N[C@@H]2CCC[C@H](Nc3cc(C(F)(F)F)nc4ccccc34)C2)cc1. The normalized spacial score (nSPS) is 18.7. The fourth-order valence-corrected chi connectivity index (χ4v) is 4.29. The Morgan fingerprint density at radius 2 is 1.73 bits per heavy atom. The summed E-state index contributed by atoms with van der Waals surface area (Å²) in [6.45, 7) is 0. The Labute approximate surface area is 191 Å². The number of fused-ring (bicyclic) bond motifs is 1. The van der Waals surface area contributed by atoms with Gasteiger partial charge in [-0.15, -0.1) is 0 Å². The van der Waals surface area contributed by atoms with Crippen LogP contribution in [0.15, 0.2) is 54.6 Å². The van der Waals surface area contributed by atoms with Crippen LogP contribution in [0, 0.1) is 0 Å². The lowest BCUT2D eigenvalue weighted by Gasteiger charge is -2.31. The van der Waals surface area contributed by atoms with E-state index in [4.69, 9.17) is 0 Å². The molecule has 1 aliphatic carbocycles. The number of nitrogens with one attached hydrogen (secondary N) is 2. The van der Waals surface area contributed by atoms with Gasteiger partial charge in [0, 0.05) is 48.5 Å². The maximum Gasteiger partial charge on any atom is 0.433 e. The van der Waals surface area contributed by atoms with Crippen molar-refractivity contribution >= 4 is 28.2 Å². The molecule has 0 spiro atoms. The van der Waals surface area contributed by atoms with Gasteiger partial charge in [-0.3, -0.25) is 4.79 Å². The van der Waals surface area contributed by atoms with E-state index in [0.717, 1.165) is 31.0 Å². The summed E-state index contributed by atoms with van der Waals surface area (Å²) in [5, 5.41) is 7.04. The Hall–Kier alpha value is -3.29. The Kier molecular flexibility index (Phi) is 6.44. The Morgan fingerprint density at radius 1 is 1.03 bits per heavy atom. The molecule has 0 saturated heterocycles. The highest BCUT2D eigenvalue weighted by Gasteiger charge is 2.34. The first-order valence-corrected chi connectivity index (χ1v) is 11.0. The summed E-state index contributed by atoms with van der Waals surface area (Å²) >= 11 is 0. The van der Waals surface area contributed by atoms with Crippen molar-refractivity contribution in [2.45, 2.75) is 43.9 Å². The summed E-state index contributed by atoms with van der Waals surface area (Å²) in [6, 6.07) is 15.2. The van der Waals surface area contributed by atoms with Gasteiger partial charge in [-0.2, -0.15) is 13.2 Å². The Balaban J connectivity index is 1.47. The van der Waals surface area contributed by atoms with E-state index in [1.807, 2.05) is 31.1 Å². The number of carbonyl (C=O) groups is 1. The van der Waals surface area contributed by atoms with E-state index in [0.29, 0.717) is 28.6 Å². The molecule has 174 valence electrons. The van der Waals surface area contributed by atoms with Crippen molar-refractivity contribution in [2.24, 2.45) is 0 Å². The zero-order valence-electron chi connectivity index (χ0n) is 18.6. The van der Waals surface area contributed by atoms with Gasteiger partial charge in [0.25, 0.3) is 5.91 Å². The summed E-state index contributed by atoms with van der Waals surface area (Å²) in [4.78, 5) is 18.5. The summed E-state index contributed by atoms with van der Waals surface area (Å²) < 4.78 is 40.1. The highest BCUT2D eigenvalue weighted by atomic mass is 19.4. The number of aromatic nitrogens is 1. The number of anilines is 2. The number of rotatable bonds is 5. The summed E-state index contributed by atoms with van der Waals surface area (Å²) in [6.07, 6.45) is -1.35. The monoisotopic (exact) mass is 456 g/mol. The summed E-state index contributed by atoms with van der Waals surface area (Å²) in [7, 11) is 3.88. The number of hydrogen-bond donors (Lipinski definition) is 2. The molecular formula is C25H27F3N4O. The van der Waals surface area contributed by atoms with E-state index < -0.39 is 11.9 Å². The van der Waals surface area contributed by atoms with Crippen LogP contribution in [0.5, 0.6) is 0 Å². The van der Waals surface area contributed by atoms with Crippen LogP contribution < -0.4 is 15.5 Å². The number of carbonyl (C=O) groups excluding carboxylic acids is 1. The molecule has 1 saturated carbocycles. The van der Waals surface area contributed by atoms with Gasteiger partial charge < -0.3 is 15.5 Å². The van der Waals surface area contributed by atoms with Crippen LogP contribution in [-0.4, -0.2) is 37.1 Å². The zero-order valence-corrected chi connectivity index (χ0v) is 18.6. The highest BCUT2D eigenvalue weighted by Crippen LogP contribution is 2.34. The van der Waals surface area contributed by atoms with E-state index in [1.165, 1.54) is 0 Å².